The van der Waals surface area contributed by atoms with E-state index in [4.69, 9.17) is 16.7 Å². The van der Waals surface area contributed by atoms with Crippen molar-refractivity contribution in [3.63, 3.8) is 0 Å². The zero-order valence-corrected chi connectivity index (χ0v) is 10.8. The van der Waals surface area contributed by atoms with Crippen LogP contribution in [0.1, 0.15) is 27.4 Å². The minimum atomic E-state index is -1.14. The van der Waals surface area contributed by atoms with Gasteiger partial charge in [0.2, 0.25) is 0 Å². The molecule has 1 N–H and O–H groups in total. The first-order valence-electron chi connectivity index (χ1n) is 5.47. The third-order valence-corrected chi connectivity index (χ3v) is 2.97. The van der Waals surface area contributed by atoms with Crippen LogP contribution in [0.5, 0.6) is 0 Å². The molecule has 0 fully saturated rings. The van der Waals surface area contributed by atoms with Crippen LogP contribution in [-0.4, -0.2) is 21.0 Å². The number of hydrogen-bond acceptors (Lipinski definition) is 3. The third-order valence-electron chi connectivity index (χ3n) is 2.62. The highest BCUT2D eigenvalue weighted by Gasteiger charge is 2.14. The van der Waals surface area contributed by atoms with Crippen LogP contribution in [0.3, 0.4) is 0 Å². The lowest BCUT2D eigenvalue weighted by molar-refractivity contribution is 0.0689. The van der Waals surface area contributed by atoms with E-state index in [1.807, 2.05) is 0 Å². The van der Waals surface area contributed by atoms with Gasteiger partial charge in [-0.1, -0.05) is 17.7 Å². The maximum atomic E-state index is 13.6. The Bertz CT molecular complexity index is 626. The molecule has 1 aromatic heterocycles. The summed E-state index contributed by atoms with van der Waals surface area (Å²) in [6, 6.07) is 4.35. The van der Waals surface area contributed by atoms with Crippen LogP contribution in [0.2, 0.25) is 5.02 Å². The van der Waals surface area contributed by atoms with Crippen molar-refractivity contribution in [1.29, 1.82) is 0 Å². The summed E-state index contributed by atoms with van der Waals surface area (Å²) in [7, 11) is 0. The second-order valence-electron chi connectivity index (χ2n) is 4.00. The van der Waals surface area contributed by atoms with Gasteiger partial charge in [-0.15, -0.1) is 0 Å². The summed E-state index contributed by atoms with van der Waals surface area (Å²) in [6.07, 6.45) is 1.45. The van der Waals surface area contributed by atoms with E-state index in [2.05, 4.69) is 9.97 Å². The van der Waals surface area contributed by atoms with Gasteiger partial charge < -0.3 is 5.11 Å². The van der Waals surface area contributed by atoms with Gasteiger partial charge in [-0.05, 0) is 19.1 Å². The standard InChI is InChI=1S/C13H10ClFN2O2/c1-7-6-16-11(17-12(7)13(18)19)5-8-9(14)3-2-4-10(8)15/h2-4,6H,5H2,1H3,(H,18,19). The zero-order valence-electron chi connectivity index (χ0n) is 10.0. The molecule has 4 nitrogen and oxygen atoms in total. The Morgan fingerprint density at radius 2 is 2.21 bits per heavy atom. The molecule has 2 aromatic rings. The molecule has 19 heavy (non-hydrogen) atoms. The van der Waals surface area contributed by atoms with Crippen LogP contribution in [0, 0.1) is 12.7 Å². The number of nitrogens with zero attached hydrogens (tertiary/aromatic N) is 2. The molecular weight excluding hydrogens is 271 g/mol. The van der Waals surface area contributed by atoms with Crippen molar-refractivity contribution in [3.8, 4) is 0 Å². The summed E-state index contributed by atoms with van der Waals surface area (Å²) in [5.74, 6) is -1.38. The average molecular weight is 281 g/mol. The molecule has 0 spiro atoms. The minimum Gasteiger partial charge on any atom is -0.477 e. The fourth-order valence-electron chi connectivity index (χ4n) is 1.64. The lowest BCUT2D eigenvalue weighted by Crippen LogP contribution is -2.09. The predicted molar refractivity (Wildman–Crippen MR) is 67.9 cm³/mol. The molecule has 0 bridgehead atoms. The van der Waals surface area contributed by atoms with E-state index in [1.54, 1.807) is 13.0 Å². The smallest absolute Gasteiger partial charge is 0.354 e. The molecule has 6 heteroatoms. The molecular formula is C13H10ClFN2O2. The van der Waals surface area contributed by atoms with E-state index >= 15 is 0 Å². The summed E-state index contributed by atoms with van der Waals surface area (Å²) in [6.45, 7) is 1.60. The number of carbonyl (C=O) groups is 1. The van der Waals surface area contributed by atoms with E-state index in [1.165, 1.54) is 18.3 Å². The largest absolute Gasteiger partial charge is 0.477 e. The second-order valence-corrected chi connectivity index (χ2v) is 4.41. The quantitative estimate of drug-likeness (QED) is 0.939. The number of aromatic carboxylic acids is 1. The van der Waals surface area contributed by atoms with Crippen molar-refractivity contribution >= 4 is 17.6 Å². The van der Waals surface area contributed by atoms with Gasteiger partial charge in [0.05, 0.1) is 0 Å². The summed E-state index contributed by atoms with van der Waals surface area (Å²) in [5.41, 5.74) is 0.623. The summed E-state index contributed by atoms with van der Waals surface area (Å²) >= 11 is 5.90. The number of hydrogen-bond donors (Lipinski definition) is 1. The van der Waals surface area contributed by atoms with Crippen molar-refractivity contribution in [3.05, 3.63) is 57.9 Å². The van der Waals surface area contributed by atoms with Gasteiger partial charge in [0, 0.05) is 28.8 Å². The number of carboxylic acids is 1. The summed E-state index contributed by atoms with van der Waals surface area (Å²) in [4.78, 5) is 18.9. The van der Waals surface area contributed by atoms with E-state index in [0.717, 1.165) is 0 Å². The van der Waals surface area contributed by atoms with Crippen LogP contribution in [0.25, 0.3) is 0 Å². The first-order chi connectivity index (χ1) is 8.99. The van der Waals surface area contributed by atoms with Gasteiger partial charge in [-0.2, -0.15) is 0 Å². The van der Waals surface area contributed by atoms with Crippen molar-refractivity contribution in [1.82, 2.24) is 9.97 Å². The molecule has 0 aliphatic rings. The minimum absolute atomic E-state index is 0.0477. The maximum absolute atomic E-state index is 13.6. The monoisotopic (exact) mass is 280 g/mol. The van der Waals surface area contributed by atoms with Crippen molar-refractivity contribution in [2.24, 2.45) is 0 Å². The van der Waals surface area contributed by atoms with Gasteiger partial charge >= 0.3 is 5.97 Å². The molecule has 2 rings (SSSR count). The normalized spacial score (nSPS) is 10.5. The average Bonchev–Trinajstić information content (AvgIpc) is 2.35. The lowest BCUT2D eigenvalue weighted by Gasteiger charge is -2.06. The fourth-order valence-corrected chi connectivity index (χ4v) is 1.87. The van der Waals surface area contributed by atoms with Crippen molar-refractivity contribution in [2.75, 3.05) is 0 Å². The second kappa shape index (κ2) is 5.32. The Hall–Kier alpha value is -2.01. The van der Waals surface area contributed by atoms with Crippen molar-refractivity contribution < 1.29 is 14.3 Å². The van der Waals surface area contributed by atoms with Gasteiger partial charge in [0.1, 0.15) is 11.6 Å². The molecule has 1 heterocycles. The summed E-state index contributed by atoms with van der Waals surface area (Å²) in [5, 5.41) is 9.24. The molecule has 0 saturated heterocycles. The van der Waals surface area contributed by atoms with E-state index in [9.17, 15) is 9.18 Å². The number of aryl methyl sites for hydroxylation is 1. The highest BCUT2D eigenvalue weighted by atomic mass is 35.5. The first-order valence-corrected chi connectivity index (χ1v) is 5.85. The fraction of sp³-hybridized carbons (Fsp3) is 0.154. The van der Waals surface area contributed by atoms with Crippen molar-refractivity contribution in [2.45, 2.75) is 13.3 Å². The van der Waals surface area contributed by atoms with Crippen LogP contribution < -0.4 is 0 Å². The van der Waals surface area contributed by atoms with E-state index in [0.29, 0.717) is 5.56 Å². The molecule has 0 radical (unpaired) electrons. The van der Waals surface area contributed by atoms with Gasteiger partial charge in [-0.25, -0.2) is 19.2 Å². The molecule has 0 aliphatic carbocycles. The number of halogens is 2. The molecule has 0 aliphatic heterocycles. The molecule has 0 amide bonds. The SMILES string of the molecule is Cc1cnc(Cc2c(F)cccc2Cl)nc1C(=O)O. The Labute approximate surface area is 113 Å². The highest BCUT2D eigenvalue weighted by Crippen LogP contribution is 2.21. The molecule has 98 valence electrons. The van der Waals surface area contributed by atoms with E-state index in [-0.39, 0.29) is 28.5 Å². The molecule has 0 unspecified atom stereocenters. The third kappa shape index (κ3) is 2.88. The zero-order chi connectivity index (χ0) is 14.0. The number of rotatable bonds is 3. The Morgan fingerprint density at radius 1 is 1.47 bits per heavy atom. The Morgan fingerprint density at radius 3 is 2.84 bits per heavy atom. The number of carboxylic acid groups (broad SMARTS) is 1. The van der Waals surface area contributed by atoms with Gasteiger partial charge in [-0.3, -0.25) is 0 Å². The van der Waals surface area contributed by atoms with Crippen LogP contribution in [0.4, 0.5) is 4.39 Å². The van der Waals surface area contributed by atoms with Crippen LogP contribution in [-0.2, 0) is 6.42 Å². The van der Waals surface area contributed by atoms with Gasteiger partial charge in [0.15, 0.2) is 5.69 Å². The molecule has 0 saturated carbocycles. The Kier molecular flexibility index (Phi) is 3.76. The number of benzene rings is 1. The van der Waals surface area contributed by atoms with Crippen LogP contribution >= 0.6 is 11.6 Å². The maximum Gasteiger partial charge on any atom is 0.354 e. The van der Waals surface area contributed by atoms with Gasteiger partial charge in [0.25, 0.3) is 0 Å². The summed E-state index contributed by atoms with van der Waals surface area (Å²) < 4.78 is 13.6. The first kappa shape index (κ1) is 13.4. The topological polar surface area (TPSA) is 63.1 Å². The Balaban J connectivity index is 2.39. The predicted octanol–water partition coefficient (Wildman–Crippen LogP) is 2.87. The molecule has 0 atom stereocenters. The van der Waals surface area contributed by atoms with Crippen LogP contribution in [0.15, 0.2) is 24.4 Å². The number of aromatic nitrogens is 2. The van der Waals surface area contributed by atoms with E-state index < -0.39 is 11.8 Å². The highest BCUT2D eigenvalue weighted by molar-refractivity contribution is 6.31. The molecule has 1 aromatic carbocycles. The lowest BCUT2D eigenvalue weighted by atomic mass is 10.1.